The maximum atomic E-state index is 12.6. The Hall–Kier alpha value is -3.15. The van der Waals surface area contributed by atoms with E-state index in [9.17, 15) is 14.7 Å². The third-order valence-electron chi connectivity index (χ3n) is 4.55. The molecule has 2 N–H and O–H groups in total. The van der Waals surface area contributed by atoms with Gasteiger partial charge in [0.15, 0.2) is 0 Å². The first-order valence-electron chi connectivity index (χ1n) is 8.38. The van der Waals surface area contributed by atoms with Crippen molar-refractivity contribution in [3.63, 3.8) is 0 Å². The number of benzene rings is 1. The first kappa shape index (κ1) is 17.7. The minimum absolute atomic E-state index is 0.0874. The van der Waals surface area contributed by atoms with Crippen molar-refractivity contribution in [1.82, 2.24) is 9.38 Å². The lowest BCUT2D eigenvalue weighted by Gasteiger charge is -2.20. The maximum absolute atomic E-state index is 12.6. The summed E-state index contributed by atoms with van der Waals surface area (Å²) in [4.78, 5) is 28.6. The molecule has 0 amide bonds. The minimum Gasteiger partial charge on any atom is -0.478 e. The number of para-hydroxylation sites is 1. The zero-order chi connectivity index (χ0) is 19.0. The molecule has 0 aliphatic carbocycles. The van der Waals surface area contributed by atoms with Crippen LogP contribution in [-0.4, -0.2) is 20.5 Å². The highest BCUT2D eigenvalue weighted by molar-refractivity contribution is 5.94. The van der Waals surface area contributed by atoms with Crippen LogP contribution in [0.1, 0.15) is 45.7 Å². The van der Waals surface area contributed by atoms with E-state index in [-0.39, 0.29) is 17.2 Å². The number of hydrogen-bond acceptors (Lipinski definition) is 4. The smallest absolute Gasteiger partial charge is 0.337 e. The van der Waals surface area contributed by atoms with Crippen LogP contribution in [0.25, 0.3) is 5.65 Å². The Morgan fingerprint density at radius 2 is 1.92 bits per heavy atom. The van der Waals surface area contributed by atoms with Crippen molar-refractivity contribution in [1.29, 1.82) is 0 Å². The fraction of sp³-hybridized carbons (Fsp3) is 0.250. The number of carbonyl (C=O) groups is 1. The van der Waals surface area contributed by atoms with Crippen molar-refractivity contribution in [3.05, 3.63) is 74.8 Å². The molecule has 2 aromatic heterocycles. The van der Waals surface area contributed by atoms with E-state index in [1.807, 2.05) is 26.8 Å². The van der Waals surface area contributed by atoms with E-state index >= 15 is 0 Å². The minimum atomic E-state index is -0.991. The molecule has 3 rings (SSSR count). The van der Waals surface area contributed by atoms with Gasteiger partial charge in [0, 0.05) is 28.7 Å². The van der Waals surface area contributed by atoms with E-state index in [0.29, 0.717) is 22.6 Å². The number of fused-ring (bicyclic) bond motifs is 1. The molecule has 0 aliphatic heterocycles. The Balaban J connectivity index is 2.14. The summed E-state index contributed by atoms with van der Waals surface area (Å²) < 4.78 is 1.56. The van der Waals surface area contributed by atoms with Crippen molar-refractivity contribution in [2.45, 2.75) is 33.7 Å². The lowest BCUT2D eigenvalue weighted by molar-refractivity contribution is 0.0698. The largest absolute Gasteiger partial charge is 0.478 e. The van der Waals surface area contributed by atoms with Gasteiger partial charge in [-0.3, -0.25) is 9.20 Å². The number of aromatic carboxylic acids is 1. The molecule has 1 atom stereocenters. The highest BCUT2D eigenvalue weighted by Gasteiger charge is 2.17. The number of anilines is 1. The number of aromatic nitrogens is 2. The molecule has 1 unspecified atom stereocenters. The maximum Gasteiger partial charge on any atom is 0.337 e. The molecule has 0 aliphatic rings. The Kier molecular flexibility index (Phi) is 4.50. The molecule has 0 saturated heterocycles. The molecule has 0 saturated carbocycles. The molecule has 3 aromatic rings. The molecule has 6 nitrogen and oxygen atoms in total. The Morgan fingerprint density at radius 1 is 1.23 bits per heavy atom. The third-order valence-corrected chi connectivity index (χ3v) is 4.55. The molecular weight excluding hydrogens is 330 g/mol. The summed E-state index contributed by atoms with van der Waals surface area (Å²) in [6, 6.07) is 8.49. The van der Waals surface area contributed by atoms with Crippen LogP contribution in [0.5, 0.6) is 0 Å². The van der Waals surface area contributed by atoms with Crippen LogP contribution in [0.3, 0.4) is 0 Å². The standard InChI is InChI=1S/C20H21N3O3/c1-11-9-16(18-22-13(3)12(2)19(24)23(18)10-11)14(4)21-17-8-6-5-7-15(17)20(25)26/h5-10,14,21H,1-4H3,(H,25,26). The second-order valence-corrected chi connectivity index (χ2v) is 6.51. The van der Waals surface area contributed by atoms with Gasteiger partial charge in [0.2, 0.25) is 0 Å². The number of nitrogens with one attached hydrogen (secondary N) is 1. The van der Waals surface area contributed by atoms with Crippen LogP contribution >= 0.6 is 0 Å². The van der Waals surface area contributed by atoms with Crippen LogP contribution < -0.4 is 10.9 Å². The van der Waals surface area contributed by atoms with Crippen molar-refractivity contribution < 1.29 is 9.90 Å². The molecule has 0 spiro atoms. The molecule has 0 fully saturated rings. The van der Waals surface area contributed by atoms with E-state index in [4.69, 9.17) is 0 Å². The van der Waals surface area contributed by atoms with Gasteiger partial charge in [-0.25, -0.2) is 9.78 Å². The zero-order valence-corrected chi connectivity index (χ0v) is 15.2. The predicted octanol–water partition coefficient (Wildman–Crippen LogP) is 3.49. The molecule has 134 valence electrons. The van der Waals surface area contributed by atoms with Gasteiger partial charge >= 0.3 is 5.97 Å². The first-order valence-corrected chi connectivity index (χ1v) is 8.38. The van der Waals surface area contributed by atoms with Crippen molar-refractivity contribution in [3.8, 4) is 0 Å². The van der Waals surface area contributed by atoms with Gasteiger partial charge in [-0.2, -0.15) is 0 Å². The molecule has 0 radical (unpaired) electrons. The average molecular weight is 351 g/mol. The number of rotatable bonds is 4. The van der Waals surface area contributed by atoms with Crippen molar-refractivity contribution in [2.75, 3.05) is 5.32 Å². The number of pyridine rings is 1. The SMILES string of the molecule is Cc1cc(C(C)Nc2ccccc2C(=O)O)c2nc(C)c(C)c(=O)n2c1. The highest BCUT2D eigenvalue weighted by atomic mass is 16.4. The van der Waals surface area contributed by atoms with Crippen LogP contribution in [0.2, 0.25) is 0 Å². The molecular formula is C20H21N3O3. The van der Waals surface area contributed by atoms with Gasteiger partial charge in [-0.05, 0) is 51.5 Å². The van der Waals surface area contributed by atoms with Crippen LogP contribution in [-0.2, 0) is 0 Å². The molecule has 2 heterocycles. The topological polar surface area (TPSA) is 83.7 Å². The van der Waals surface area contributed by atoms with Gasteiger partial charge in [-0.15, -0.1) is 0 Å². The van der Waals surface area contributed by atoms with E-state index in [2.05, 4.69) is 10.3 Å². The normalized spacial score (nSPS) is 12.2. The van der Waals surface area contributed by atoms with Crippen molar-refractivity contribution >= 4 is 17.3 Å². The molecule has 6 heteroatoms. The number of carboxylic acid groups (broad SMARTS) is 1. The van der Waals surface area contributed by atoms with E-state index in [0.717, 1.165) is 11.1 Å². The summed E-state index contributed by atoms with van der Waals surface area (Å²) >= 11 is 0. The second kappa shape index (κ2) is 6.63. The van der Waals surface area contributed by atoms with Gasteiger partial charge in [0.1, 0.15) is 5.65 Å². The zero-order valence-electron chi connectivity index (χ0n) is 15.2. The summed E-state index contributed by atoms with van der Waals surface area (Å²) in [6.07, 6.45) is 1.78. The molecule has 1 aromatic carbocycles. The van der Waals surface area contributed by atoms with Crippen LogP contribution in [0, 0.1) is 20.8 Å². The summed E-state index contributed by atoms with van der Waals surface area (Å²) in [5.74, 6) is -0.991. The fourth-order valence-corrected chi connectivity index (χ4v) is 3.03. The number of hydrogen-bond donors (Lipinski definition) is 2. The summed E-state index contributed by atoms with van der Waals surface area (Å²) in [5, 5.41) is 12.6. The van der Waals surface area contributed by atoms with Gasteiger partial charge in [-0.1, -0.05) is 12.1 Å². The Labute approximate surface area is 151 Å². The number of aryl methyl sites for hydroxylation is 2. The van der Waals surface area contributed by atoms with Crippen LogP contribution in [0.15, 0.2) is 41.3 Å². The summed E-state index contributed by atoms with van der Waals surface area (Å²) in [7, 11) is 0. The van der Waals surface area contributed by atoms with E-state index in [1.165, 1.54) is 0 Å². The van der Waals surface area contributed by atoms with Crippen molar-refractivity contribution in [2.24, 2.45) is 0 Å². The summed E-state index contributed by atoms with van der Waals surface area (Å²) in [5.41, 5.74) is 4.30. The summed E-state index contributed by atoms with van der Waals surface area (Å²) in [6.45, 7) is 7.43. The number of carboxylic acids is 1. The van der Waals surface area contributed by atoms with Gasteiger partial charge in [0.05, 0.1) is 11.6 Å². The predicted molar refractivity (Wildman–Crippen MR) is 101 cm³/mol. The fourth-order valence-electron chi connectivity index (χ4n) is 3.03. The molecule has 0 bridgehead atoms. The Bertz CT molecular complexity index is 1070. The Morgan fingerprint density at radius 3 is 2.62 bits per heavy atom. The number of nitrogens with zero attached hydrogens (tertiary/aromatic N) is 2. The third kappa shape index (κ3) is 3.06. The van der Waals surface area contributed by atoms with E-state index in [1.54, 1.807) is 41.8 Å². The highest BCUT2D eigenvalue weighted by Crippen LogP contribution is 2.25. The molecule has 26 heavy (non-hydrogen) atoms. The van der Waals surface area contributed by atoms with Gasteiger partial charge in [0.25, 0.3) is 5.56 Å². The lowest BCUT2D eigenvalue weighted by Crippen LogP contribution is -2.22. The van der Waals surface area contributed by atoms with Gasteiger partial charge < -0.3 is 10.4 Å². The second-order valence-electron chi connectivity index (χ2n) is 6.51. The lowest BCUT2D eigenvalue weighted by atomic mass is 10.1. The average Bonchev–Trinajstić information content (AvgIpc) is 2.60. The van der Waals surface area contributed by atoms with E-state index < -0.39 is 5.97 Å². The first-order chi connectivity index (χ1) is 12.3. The van der Waals surface area contributed by atoms with Crippen LogP contribution in [0.4, 0.5) is 5.69 Å². The quantitative estimate of drug-likeness (QED) is 0.752. The monoisotopic (exact) mass is 351 g/mol.